The van der Waals surface area contributed by atoms with Crippen LogP contribution in [0.2, 0.25) is 0 Å². The fourth-order valence-corrected chi connectivity index (χ4v) is 2.19. The SMILES string of the molecule is CCCCC(N)C(=O)N(C)Cc1ccc(C)cc1C. The lowest BCUT2D eigenvalue weighted by atomic mass is 10.0. The standard InChI is InChI=1S/C16H26N2O/c1-5-6-7-15(17)16(19)18(4)11-14-9-8-12(2)10-13(14)3/h8-10,15H,5-7,11,17H2,1-4H3. The van der Waals surface area contributed by atoms with Gasteiger partial charge in [0.05, 0.1) is 6.04 Å². The first-order chi connectivity index (χ1) is 8.95. The van der Waals surface area contributed by atoms with Gasteiger partial charge in [-0.2, -0.15) is 0 Å². The Hall–Kier alpha value is -1.35. The normalized spacial score (nSPS) is 12.3. The number of carbonyl (C=O) groups is 1. The van der Waals surface area contributed by atoms with Gasteiger partial charge in [-0.05, 0) is 31.4 Å². The van der Waals surface area contributed by atoms with E-state index >= 15 is 0 Å². The third-order valence-electron chi connectivity index (χ3n) is 3.47. The van der Waals surface area contributed by atoms with Gasteiger partial charge in [-0.3, -0.25) is 4.79 Å². The van der Waals surface area contributed by atoms with Crippen molar-refractivity contribution in [1.82, 2.24) is 4.90 Å². The number of amides is 1. The van der Waals surface area contributed by atoms with Crippen LogP contribution in [0, 0.1) is 13.8 Å². The van der Waals surface area contributed by atoms with Crippen LogP contribution in [0.5, 0.6) is 0 Å². The Balaban J connectivity index is 2.63. The van der Waals surface area contributed by atoms with Crippen LogP contribution in [-0.4, -0.2) is 23.9 Å². The number of benzene rings is 1. The smallest absolute Gasteiger partial charge is 0.239 e. The van der Waals surface area contributed by atoms with E-state index < -0.39 is 0 Å². The molecule has 0 saturated carbocycles. The van der Waals surface area contributed by atoms with Crippen LogP contribution < -0.4 is 5.73 Å². The van der Waals surface area contributed by atoms with Crippen molar-refractivity contribution in [2.45, 2.75) is 52.6 Å². The molecule has 0 aliphatic heterocycles. The third kappa shape index (κ3) is 4.67. The lowest BCUT2D eigenvalue weighted by molar-refractivity contribution is -0.132. The number of hydrogen-bond acceptors (Lipinski definition) is 2. The summed E-state index contributed by atoms with van der Waals surface area (Å²) in [6.45, 7) is 6.89. The fourth-order valence-electron chi connectivity index (χ4n) is 2.19. The van der Waals surface area contributed by atoms with Crippen LogP contribution in [0.3, 0.4) is 0 Å². The quantitative estimate of drug-likeness (QED) is 0.857. The average molecular weight is 262 g/mol. The molecule has 1 aromatic carbocycles. The molecule has 0 spiro atoms. The summed E-state index contributed by atoms with van der Waals surface area (Å²) in [6.07, 6.45) is 2.85. The molecule has 1 aromatic rings. The van der Waals surface area contributed by atoms with Crippen molar-refractivity contribution in [3.05, 3.63) is 34.9 Å². The molecule has 2 N–H and O–H groups in total. The van der Waals surface area contributed by atoms with Gasteiger partial charge in [0.15, 0.2) is 0 Å². The van der Waals surface area contributed by atoms with Crippen LogP contribution in [0.4, 0.5) is 0 Å². The zero-order chi connectivity index (χ0) is 14.4. The van der Waals surface area contributed by atoms with E-state index in [9.17, 15) is 4.79 Å². The molecule has 1 rings (SSSR count). The zero-order valence-electron chi connectivity index (χ0n) is 12.6. The van der Waals surface area contributed by atoms with Gasteiger partial charge < -0.3 is 10.6 Å². The number of hydrogen-bond donors (Lipinski definition) is 1. The summed E-state index contributed by atoms with van der Waals surface area (Å²) in [4.78, 5) is 13.9. The van der Waals surface area contributed by atoms with E-state index in [0.717, 1.165) is 19.3 Å². The van der Waals surface area contributed by atoms with Gasteiger partial charge in [-0.1, -0.05) is 43.5 Å². The van der Waals surface area contributed by atoms with E-state index in [2.05, 4.69) is 39.0 Å². The lowest BCUT2D eigenvalue weighted by Gasteiger charge is -2.22. The third-order valence-corrected chi connectivity index (χ3v) is 3.47. The zero-order valence-corrected chi connectivity index (χ0v) is 12.6. The van der Waals surface area contributed by atoms with E-state index in [0.29, 0.717) is 6.54 Å². The second-order valence-corrected chi connectivity index (χ2v) is 5.37. The highest BCUT2D eigenvalue weighted by Gasteiger charge is 2.17. The Morgan fingerprint density at radius 2 is 2.05 bits per heavy atom. The summed E-state index contributed by atoms with van der Waals surface area (Å²) in [5, 5.41) is 0. The Morgan fingerprint density at radius 1 is 1.37 bits per heavy atom. The molecule has 0 bridgehead atoms. The van der Waals surface area contributed by atoms with Crippen LogP contribution in [0.15, 0.2) is 18.2 Å². The van der Waals surface area contributed by atoms with Crippen molar-refractivity contribution >= 4 is 5.91 Å². The minimum absolute atomic E-state index is 0.0356. The summed E-state index contributed by atoms with van der Waals surface area (Å²) in [5.41, 5.74) is 9.58. The first kappa shape index (κ1) is 15.7. The summed E-state index contributed by atoms with van der Waals surface area (Å²) in [5.74, 6) is 0.0356. The predicted octanol–water partition coefficient (Wildman–Crippen LogP) is 2.78. The van der Waals surface area contributed by atoms with Crippen molar-refractivity contribution in [3.63, 3.8) is 0 Å². The Labute approximate surface area is 116 Å². The highest BCUT2D eigenvalue weighted by atomic mass is 16.2. The first-order valence-electron chi connectivity index (χ1n) is 7.02. The van der Waals surface area contributed by atoms with Crippen molar-refractivity contribution in [2.24, 2.45) is 5.73 Å². The van der Waals surface area contributed by atoms with E-state index in [1.807, 2.05) is 7.05 Å². The van der Waals surface area contributed by atoms with Gasteiger partial charge in [-0.15, -0.1) is 0 Å². The molecule has 19 heavy (non-hydrogen) atoms. The number of rotatable bonds is 6. The predicted molar refractivity (Wildman–Crippen MR) is 79.9 cm³/mol. The van der Waals surface area contributed by atoms with E-state index in [-0.39, 0.29) is 11.9 Å². The highest BCUT2D eigenvalue weighted by Crippen LogP contribution is 2.13. The van der Waals surface area contributed by atoms with Crippen LogP contribution >= 0.6 is 0 Å². The lowest BCUT2D eigenvalue weighted by Crippen LogP contribution is -2.41. The van der Waals surface area contributed by atoms with Crippen LogP contribution in [0.1, 0.15) is 42.9 Å². The monoisotopic (exact) mass is 262 g/mol. The van der Waals surface area contributed by atoms with Crippen LogP contribution in [0.25, 0.3) is 0 Å². The van der Waals surface area contributed by atoms with Gasteiger partial charge in [0.25, 0.3) is 0 Å². The Kier molecular flexibility index (Phi) is 6.03. The molecular formula is C16H26N2O. The average Bonchev–Trinajstić information content (AvgIpc) is 2.38. The molecule has 0 fully saturated rings. The largest absolute Gasteiger partial charge is 0.340 e. The molecule has 0 saturated heterocycles. The summed E-state index contributed by atoms with van der Waals surface area (Å²) in [6, 6.07) is 5.95. The maximum atomic E-state index is 12.1. The van der Waals surface area contributed by atoms with Crippen molar-refractivity contribution in [3.8, 4) is 0 Å². The molecule has 1 unspecified atom stereocenters. The number of carbonyl (C=O) groups excluding carboxylic acids is 1. The van der Waals surface area contributed by atoms with Gasteiger partial charge >= 0.3 is 0 Å². The number of likely N-dealkylation sites (N-methyl/N-ethyl adjacent to an activating group) is 1. The van der Waals surface area contributed by atoms with Crippen molar-refractivity contribution in [2.75, 3.05) is 7.05 Å². The molecule has 1 atom stereocenters. The molecule has 106 valence electrons. The van der Waals surface area contributed by atoms with Gasteiger partial charge in [0, 0.05) is 13.6 Å². The molecule has 1 amide bonds. The molecule has 3 nitrogen and oxygen atoms in total. The fraction of sp³-hybridized carbons (Fsp3) is 0.562. The van der Waals surface area contributed by atoms with Crippen molar-refractivity contribution in [1.29, 1.82) is 0 Å². The van der Waals surface area contributed by atoms with Crippen molar-refractivity contribution < 1.29 is 4.79 Å². The minimum atomic E-state index is -0.365. The molecular weight excluding hydrogens is 236 g/mol. The Bertz CT molecular complexity index is 429. The molecule has 0 radical (unpaired) electrons. The minimum Gasteiger partial charge on any atom is -0.340 e. The maximum absolute atomic E-state index is 12.1. The summed E-state index contributed by atoms with van der Waals surface area (Å²) < 4.78 is 0. The molecule has 0 aliphatic carbocycles. The second kappa shape index (κ2) is 7.29. The van der Waals surface area contributed by atoms with Gasteiger partial charge in [-0.25, -0.2) is 0 Å². The first-order valence-corrected chi connectivity index (χ1v) is 7.02. The number of aryl methyl sites for hydroxylation is 2. The van der Waals surface area contributed by atoms with Crippen LogP contribution in [-0.2, 0) is 11.3 Å². The molecule has 0 aromatic heterocycles. The summed E-state index contributed by atoms with van der Waals surface area (Å²) >= 11 is 0. The highest BCUT2D eigenvalue weighted by molar-refractivity contribution is 5.81. The van der Waals surface area contributed by atoms with E-state index in [1.54, 1.807) is 4.90 Å². The number of nitrogens with two attached hydrogens (primary N) is 1. The van der Waals surface area contributed by atoms with E-state index in [1.165, 1.54) is 16.7 Å². The topological polar surface area (TPSA) is 46.3 Å². The van der Waals surface area contributed by atoms with Gasteiger partial charge in [0.2, 0.25) is 5.91 Å². The second-order valence-electron chi connectivity index (χ2n) is 5.37. The molecule has 0 aliphatic rings. The Morgan fingerprint density at radius 3 is 2.63 bits per heavy atom. The van der Waals surface area contributed by atoms with Gasteiger partial charge in [0.1, 0.15) is 0 Å². The summed E-state index contributed by atoms with van der Waals surface area (Å²) in [7, 11) is 1.83. The van der Waals surface area contributed by atoms with E-state index in [4.69, 9.17) is 5.73 Å². The number of unbranched alkanes of at least 4 members (excludes halogenated alkanes) is 1. The molecule has 3 heteroatoms. The number of nitrogens with zero attached hydrogens (tertiary/aromatic N) is 1. The molecule has 0 heterocycles. The maximum Gasteiger partial charge on any atom is 0.239 e.